The summed E-state index contributed by atoms with van der Waals surface area (Å²) in [5.74, 6) is 1.31. The van der Waals surface area contributed by atoms with Crippen molar-refractivity contribution in [2.45, 2.75) is 32.7 Å². The Morgan fingerprint density at radius 3 is 3.00 bits per heavy atom. The molecule has 1 atom stereocenters. The average Bonchev–Trinajstić information content (AvgIpc) is 2.62. The highest BCUT2D eigenvalue weighted by atomic mass is 16.4. The van der Waals surface area contributed by atoms with Crippen LogP contribution in [-0.4, -0.2) is 23.3 Å². The lowest BCUT2D eigenvalue weighted by Gasteiger charge is -2.16. The van der Waals surface area contributed by atoms with Crippen LogP contribution in [-0.2, 0) is 6.54 Å². The third-order valence-electron chi connectivity index (χ3n) is 2.92. The molecule has 15 heavy (non-hydrogen) atoms. The van der Waals surface area contributed by atoms with Crippen molar-refractivity contribution in [3.63, 3.8) is 0 Å². The number of hydrogen-bond acceptors (Lipinski definition) is 5. The number of nitrogens with two attached hydrogens (primary N) is 1. The summed E-state index contributed by atoms with van der Waals surface area (Å²) in [6, 6.07) is 0.629. The molecule has 2 heterocycles. The number of anilines is 1. The second-order valence-electron chi connectivity index (χ2n) is 4.21. The van der Waals surface area contributed by atoms with E-state index in [1.807, 2.05) is 0 Å². The van der Waals surface area contributed by atoms with Crippen molar-refractivity contribution in [1.82, 2.24) is 10.2 Å². The molecule has 5 heteroatoms. The van der Waals surface area contributed by atoms with E-state index in [9.17, 15) is 0 Å². The molecule has 0 spiro atoms. The Morgan fingerprint density at radius 1 is 1.40 bits per heavy atom. The first-order valence-corrected chi connectivity index (χ1v) is 5.57. The highest BCUT2D eigenvalue weighted by Gasteiger charge is 2.18. The van der Waals surface area contributed by atoms with Gasteiger partial charge in [0.1, 0.15) is 0 Å². The second kappa shape index (κ2) is 4.61. The van der Waals surface area contributed by atoms with Gasteiger partial charge in [0, 0.05) is 13.1 Å². The second-order valence-corrected chi connectivity index (χ2v) is 4.21. The van der Waals surface area contributed by atoms with E-state index in [4.69, 9.17) is 10.2 Å². The molecule has 0 radical (unpaired) electrons. The van der Waals surface area contributed by atoms with Crippen LogP contribution >= 0.6 is 0 Å². The Morgan fingerprint density at radius 2 is 2.27 bits per heavy atom. The molecular weight excluding hydrogens is 192 g/mol. The van der Waals surface area contributed by atoms with Crippen molar-refractivity contribution in [2.24, 2.45) is 11.7 Å². The molecule has 1 saturated heterocycles. The summed E-state index contributed by atoms with van der Waals surface area (Å²) >= 11 is 0. The van der Waals surface area contributed by atoms with Gasteiger partial charge in [-0.15, -0.1) is 5.10 Å². The number of nitrogens with zero attached hydrogens (tertiary/aromatic N) is 3. The maximum Gasteiger partial charge on any atom is 0.318 e. The third kappa shape index (κ3) is 2.47. The van der Waals surface area contributed by atoms with E-state index in [1.165, 1.54) is 19.3 Å². The first-order valence-electron chi connectivity index (χ1n) is 5.57. The topological polar surface area (TPSA) is 68.2 Å². The molecular formula is C10H18N4O. The minimum Gasteiger partial charge on any atom is -0.407 e. The zero-order valence-corrected chi connectivity index (χ0v) is 9.15. The van der Waals surface area contributed by atoms with Crippen molar-refractivity contribution >= 4 is 6.01 Å². The molecule has 0 aromatic carbocycles. The fraction of sp³-hybridized carbons (Fsp3) is 0.800. The number of hydrogen-bond donors (Lipinski definition) is 1. The predicted octanol–water partition coefficient (Wildman–Crippen LogP) is 1.15. The Bertz CT molecular complexity index is 312. The lowest BCUT2D eigenvalue weighted by molar-refractivity contribution is 0.482. The average molecular weight is 210 g/mol. The van der Waals surface area contributed by atoms with Gasteiger partial charge in [-0.1, -0.05) is 12.0 Å². The molecule has 0 saturated carbocycles. The van der Waals surface area contributed by atoms with Gasteiger partial charge in [-0.05, 0) is 25.2 Å². The van der Waals surface area contributed by atoms with Crippen LogP contribution in [0.25, 0.3) is 0 Å². The molecule has 1 aliphatic rings. The van der Waals surface area contributed by atoms with Gasteiger partial charge in [0.15, 0.2) is 0 Å². The number of aromatic nitrogens is 2. The van der Waals surface area contributed by atoms with Gasteiger partial charge >= 0.3 is 6.01 Å². The molecule has 1 fully saturated rings. The first-order chi connectivity index (χ1) is 7.29. The highest BCUT2D eigenvalue weighted by Crippen LogP contribution is 2.21. The Labute approximate surface area is 89.6 Å². The summed E-state index contributed by atoms with van der Waals surface area (Å²) in [6.07, 6.45) is 3.68. The van der Waals surface area contributed by atoms with Gasteiger partial charge in [0.2, 0.25) is 5.89 Å². The molecule has 0 aliphatic carbocycles. The molecule has 2 rings (SSSR count). The smallest absolute Gasteiger partial charge is 0.318 e. The van der Waals surface area contributed by atoms with Crippen LogP contribution in [0.3, 0.4) is 0 Å². The summed E-state index contributed by atoms with van der Waals surface area (Å²) in [5.41, 5.74) is 5.43. The van der Waals surface area contributed by atoms with E-state index >= 15 is 0 Å². The van der Waals surface area contributed by atoms with Gasteiger partial charge in [-0.3, -0.25) is 0 Å². The van der Waals surface area contributed by atoms with Crippen LogP contribution in [0.2, 0.25) is 0 Å². The van der Waals surface area contributed by atoms with Crippen molar-refractivity contribution in [1.29, 1.82) is 0 Å². The number of rotatable bonds is 2. The van der Waals surface area contributed by atoms with Gasteiger partial charge in [0.25, 0.3) is 0 Å². The van der Waals surface area contributed by atoms with Crippen LogP contribution in [0.5, 0.6) is 0 Å². The molecule has 1 aromatic heterocycles. The molecule has 1 aromatic rings. The van der Waals surface area contributed by atoms with Crippen molar-refractivity contribution in [3.8, 4) is 0 Å². The Kier molecular flexibility index (Phi) is 3.20. The standard InChI is InChI=1S/C10H18N4O/c1-8-3-2-5-14(6-4-8)10-13-12-9(7-11)15-10/h8H,2-7,11H2,1H3. The molecule has 2 N–H and O–H groups in total. The maximum atomic E-state index is 5.44. The van der Waals surface area contributed by atoms with Crippen LogP contribution < -0.4 is 10.6 Å². The van der Waals surface area contributed by atoms with Crippen molar-refractivity contribution < 1.29 is 4.42 Å². The van der Waals surface area contributed by atoms with E-state index in [0.717, 1.165) is 19.0 Å². The molecule has 1 unspecified atom stereocenters. The Hall–Kier alpha value is -1.10. The minimum atomic E-state index is 0.317. The van der Waals surface area contributed by atoms with Crippen LogP contribution in [0.1, 0.15) is 32.1 Å². The molecule has 5 nitrogen and oxygen atoms in total. The van der Waals surface area contributed by atoms with E-state index in [0.29, 0.717) is 18.5 Å². The van der Waals surface area contributed by atoms with Gasteiger partial charge in [-0.25, -0.2) is 0 Å². The molecule has 0 bridgehead atoms. The molecule has 0 amide bonds. The first kappa shape index (κ1) is 10.4. The molecule has 84 valence electrons. The highest BCUT2D eigenvalue weighted by molar-refractivity contribution is 5.23. The predicted molar refractivity (Wildman–Crippen MR) is 57.4 cm³/mol. The zero-order valence-electron chi connectivity index (χ0n) is 9.15. The minimum absolute atomic E-state index is 0.317. The SMILES string of the molecule is CC1CCCN(c2nnc(CN)o2)CC1. The molecule has 1 aliphatic heterocycles. The third-order valence-corrected chi connectivity index (χ3v) is 2.92. The van der Waals surface area contributed by atoms with Gasteiger partial charge in [0.05, 0.1) is 6.54 Å². The van der Waals surface area contributed by atoms with E-state index in [1.54, 1.807) is 0 Å². The summed E-state index contributed by atoms with van der Waals surface area (Å²) in [4.78, 5) is 2.16. The lowest BCUT2D eigenvalue weighted by Crippen LogP contribution is -2.24. The van der Waals surface area contributed by atoms with Gasteiger partial charge in [-0.2, -0.15) is 0 Å². The van der Waals surface area contributed by atoms with Crippen LogP contribution in [0.4, 0.5) is 6.01 Å². The van der Waals surface area contributed by atoms with Crippen molar-refractivity contribution in [3.05, 3.63) is 5.89 Å². The Balaban J connectivity index is 2.03. The van der Waals surface area contributed by atoms with Crippen LogP contribution in [0, 0.1) is 5.92 Å². The summed E-state index contributed by atoms with van der Waals surface area (Å²) < 4.78 is 5.44. The fourth-order valence-corrected chi connectivity index (χ4v) is 1.91. The summed E-state index contributed by atoms with van der Waals surface area (Å²) in [5, 5.41) is 7.88. The lowest BCUT2D eigenvalue weighted by atomic mass is 10.0. The van der Waals surface area contributed by atoms with E-state index < -0.39 is 0 Å². The summed E-state index contributed by atoms with van der Waals surface area (Å²) in [6.45, 7) is 4.63. The normalized spacial score (nSPS) is 22.8. The van der Waals surface area contributed by atoms with E-state index in [-0.39, 0.29) is 0 Å². The summed E-state index contributed by atoms with van der Waals surface area (Å²) in [7, 11) is 0. The van der Waals surface area contributed by atoms with Gasteiger partial charge < -0.3 is 15.1 Å². The van der Waals surface area contributed by atoms with Crippen molar-refractivity contribution in [2.75, 3.05) is 18.0 Å². The van der Waals surface area contributed by atoms with E-state index in [2.05, 4.69) is 22.0 Å². The quantitative estimate of drug-likeness (QED) is 0.793. The van der Waals surface area contributed by atoms with Crippen LogP contribution in [0.15, 0.2) is 4.42 Å². The largest absolute Gasteiger partial charge is 0.407 e. The zero-order chi connectivity index (χ0) is 10.7. The maximum absolute atomic E-state index is 5.44. The monoisotopic (exact) mass is 210 g/mol. The fourth-order valence-electron chi connectivity index (χ4n) is 1.91.